The molecule has 0 saturated carbocycles. The summed E-state index contributed by atoms with van der Waals surface area (Å²) in [5.41, 5.74) is 0. The van der Waals surface area contributed by atoms with Crippen LogP contribution < -0.4 is 5.32 Å². The second-order valence-electron chi connectivity index (χ2n) is 3.37. The Kier molecular flexibility index (Phi) is 4.25. The third-order valence-corrected chi connectivity index (χ3v) is 2.30. The van der Waals surface area contributed by atoms with Crippen LogP contribution in [0.1, 0.15) is 19.3 Å². The van der Waals surface area contributed by atoms with Gasteiger partial charge in [0.1, 0.15) is 6.61 Å². The Balaban J connectivity index is 2.03. The highest BCUT2D eigenvalue weighted by molar-refractivity contribution is 5.79. The minimum atomic E-state index is 0.226. The van der Waals surface area contributed by atoms with E-state index in [2.05, 4.69) is 5.32 Å². The quantitative estimate of drug-likeness (QED) is 0.658. The van der Waals surface area contributed by atoms with Gasteiger partial charge in [-0.1, -0.05) is 0 Å². The Morgan fingerprint density at radius 2 is 2.50 bits per heavy atom. The summed E-state index contributed by atoms with van der Waals surface area (Å²) < 4.78 is 4.75. The Morgan fingerprint density at radius 1 is 1.67 bits per heavy atom. The van der Waals surface area contributed by atoms with Gasteiger partial charge < -0.3 is 10.1 Å². The number of carbonyl (C=O) groups excluding carboxylic acids is 1. The molecule has 0 aromatic carbocycles. The van der Waals surface area contributed by atoms with Crippen LogP contribution in [0.3, 0.4) is 0 Å². The van der Waals surface area contributed by atoms with Crippen molar-refractivity contribution in [3.05, 3.63) is 0 Å². The Bertz CT molecular complexity index is 141. The highest BCUT2D eigenvalue weighted by Crippen LogP contribution is 2.14. The normalized spacial score (nSPS) is 22.9. The number of ether oxygens (including phenoxy) is 1. The van der Waals surface area contributed by atoms with E-state index in [0.29, 0.717) is 12.3 Å². The molecule has 1 aliphatic rings. The van der Waals surface area contributed by atoms with Crippen molar-refractivity contribution in [3.63, 3.8) is 0 Å². The average molecular weight is 171 g/mol. The van der Waals surface area contributed by atoms with E-state index in [-0.39, 0.29) is 12.4 Å². The Labute approximate surface area is 73.5 Å². The zero-order chi connectivity index (χ0) is 8.81. The van der Waals surface area contributed by atoms with Gasteiger partial charge in [-0.3, -0.25) is 4.79 Å². The SMILES string of the molecule is COCC(=O)CCC1CCNC1. The van der Waals surface area contributed by atoms with Gasteiger partial charge in [-0.2, -0.15) is 0 Å². The highest BCUT2D eigenvalue weighted by atomic mass is 16.5. The molecule has 0 amide bonds. The largest absolute Gasteiger partial charge is 0.377 e. The summed E-state index contributed by atoms with van der Waals surface area (Å²) in [5.74, 6) is 0.940. The number of Topliss-reactive ketones (excluding diaryl/α,β-unsaturated/α-hetero) is 1. The van der Waals surface area contributed by atoms with Crippen LogP contribution in [0.2, 0.25) is 0 Å². The molecule has 0 spiro atoms. The van der Waals surface area contributed by atoms with Crippen LogP contribution in [0, 0.1) is 5.92 Å². The van der Waals surface area contributed by atoms with Crippen molar-refractivity contribution < 1.29 is 9.53 Å². The molecule has 1 saturated heterocycles. The third kappa shape index (κ3) is 3.32. The number of carbonyl (C=O) groups is 1. The van der Waals surface area contributed by atoms with Gasteiger partial charge in [-0.25, -0.2) is 0 Å². The minimum absolute atomic E-state index is 0.226. The fraction of sp³-hybridized carbons (Fsp3) is 0.889. The van der Waals surface area contributed by atoms with Gasteiger partial charge in [0.2, 0.25) is 0 Å². The van der Waals surface area contributed by atoms with Gasteiger partial charge >= 0.3 is 0 Å². The third-order valence-electron chi connectivity index (χ3n) is 2.30. The molecule has 1 heterocycles. The maximum absolute atomic E-state index is 11.1. The van der Waals surface area contributed by atoms with Gasteiger partial charge in [0.15, 0.2) is 5.78 Å². The van der Waals surface area contributed by atoms with Crippen molar-refractivity contribution in [2.45, 2.75) is 19.3 Å². The second kappa shape index (κ2) is 5.27. The number of hydrogen-bond donors (Lipinski definition) is 1. The first-order chi connectivity index (χ1) is 5.83. The summed E-state index contributed by atoms with van der Waals surface area (Å²) >= 11 is 0. The van der Waals surface area contributed by atoms with Crippen molar-refractivity contribution in [1.82, 2.24) is 5.32 Å². The summed E-state index contributed by atoms with van der Waals surface area (Å²) in [7, 11) is 1.56. The van der Waals surface area contributed by atoms with Crippen molar-refractivity contribution in [2.24, 2.45) is 5.92 Å². The van der Waals surface area contributed by atoms with Crippen LogP contribution in [-0.2, 0) is 9.53 Å². The van der Waals surface area contributed by atoms with Gasteiger partial charge in [0.05, 0.1) is 0 Å². The predicted molar refractivity (Wildman–Crippen MR) is 47.1 cm³/mol. The van der Waals surface area contributed by atoms with E-state index >= 15 is 0 Å². The number of nitrogens with one attached hydrogen (secondary N) is 1. The monoisotopic (exact) mass is 171 g/mol. The summed E-state index contributed by atoms with van der Waals surface area (Å²) in [6.45, 7) is 2.48. The summed E-state index contributed by atoms with van der Waals surface area (Å²) in [6.07, 6.45) is 2.93. The summed E-state index contributed by atoms with van der Waals surface area (Å²) in [4.78, 5) is 11.1. The molecule has 1 N–H and O–H groups in total. The first-order valence-corrected chi connectivity index (χ1v) is 4.54. The maximum atomic E-state index is 11.1. The Hall–Kier alpha value is -0.410. The van der Waals surface area contributed by atoms with Crippen molar-refractivity contribution in [1.29, 1.82) is 0 Å². The minimum Gasteiger partial charge on any atom is -0.377 e. The van der Waals surface area contributed by atoms with Crippen molar-refractivity contribution >= 4 is 5.78 Å². The van der Waals surface area contributed by atoms with E-state index in [1.54, 1.807) is 7.11 Å². The molecule has 0 aromatic heterocycles. The molecule has 1 unspecified atom stereocenters. The maximum Gasteiger partial charge on any atom is 0.158 e. The Morgan fingerprint density at radius 3 is 3.08 bits per heavy atom. The molecular formula is C9H17NO2. The first-order valence-electron chi connectivity index (χ1n) is 4.54. The van der Waals surface area contributed by atoms with Gasteiger partial charge in [0.25, 0.3) is 0 Å². The van der Waals surface area contributed by atoms with E-state index in [9.17, 15) is 4.79 Å². The van der Waals surface area contributed by atoms with Crippen LogP contribution in [0.5, 0.6) is 0 Å². The van der Waals surface area contributed by atoms with Gasteiger partial charge in [0, 0.05) is 13.5 Å². The lowest BCUT2D eigenvalue weighted by Crippen LogP contribution is -2.12. The predicted octanol–water partition coefficient (Wildman–Crippen LogP) is 0.592. The van der Waals surface area contributed by atoms with Crippen LogP contribution in [0.15, 0.2) is 0 Å². The van der Waals surface area contributed by atoms with Gasteiger partial charge in [-0.05, 0) is 31.8 Å². The molecule has 1 rings (SSSR count). The summed E-state index contributed by atoms with van der Waals surface area (Å²) in [6, 6.07) is 0. The van der Waals surface area contributed by atoms with E-state index in [4.69, 9.17) is 4.74 Å². The van der Waals surface area contributed by atoms with Crippen molar-refractivity contribution in [3.8, 4) is 0 Å². The average Bonchev–Trinajstić information content (AvgIpc) is 2.53. The number of ketones is 1. The molecule has 1 fully saturated rings. The summed E-state index contributed by atoms with van der Waals surface area (Å²) in [5, 5.41) is 3.29. The zero-order valence-electron chi connectivity index (χ0n) is 7.64. The molecular weight excluding hydrogens is 154 g/mol. The molecule has 1 aliphatic heterocycles. The van der Waals surface area contributed by atoms with Crippen LogP contribution in [-0.4, -0.2) is 32.6 Å². The standard InChI is InChI=1S/C9H17NO2/c1-12-7-9(11)3-2-8-4-5-10-6-8/h8,10H,2-7H2,1H3. The molecule has 12 heavy (non-hydrogen) atoms. The van der Waals surface area contributed by atoms with E-state index in [0.717, 1.165) is 19.5 Å². The number of hydrogen-bond acceptors (Lipinski definition) is 3. The first kappa shape index (κ1) is 9.68. The van der Waals surface area contributed by atoms with Crippen LogP contribution >= 0.6 is 0 Å². The lowest BCUT2D eigenvalue weighted by atomic mass is 10.0. The molecule has 0 bridgehead atoms. The smallest absolute Gasteiger partial charge is 0.158 e. The van der Waals surface area contributed by atoms with Crippen LogP contribution in [0.4, 0.5) is 0 Å². The fourth-order valence-electron chi connectivity index (χ4n) is 1.56. The lowest BCUT2D eigenvalue weighted by Gasteiger charge is -2.05. The van der Waals surface area contributed by atoms with E-state index in [1.165, 1.54) is 6.42 Å². The van der Waals surface area contributed by atoms with Gasteiger partial charge in [-0.15, -0.1) is 0 Å². The van der Waals surface area contributed by atoms with E-state index < -0.39 is 0 Å². The van der Waals surface area contributed by atoms with Crippen LogP contribution in [0.25, 0.3) is 0 Å². The number of rotatable bonds is 5. The van der Waals surface area contributed by atoms with Crippen molar-refractivity contribution in [2.75, 3.05) is 26.8 Å². The molecule has 70 valence electrons. The van der Waals surface area contributed by atoms with E-state index in [1.807, 2.05) is 0 Å². The molecule has 3 nitrogen and oxygen atoms in total. The molecule has 3 heteroatoms. The molecule has 0 aliphatic carbocycles. The fourth-order valence-corrected chi connectivity index (χ4v) is 1.56. The second-order valence-corrected chi connectivity index (χ2v) is 3.37. The molecule has 0 aromatic rings. The lowest BCUT2D eigenvalue weighted by molar-refractivity contribution is -0.122. The molecule has 1 atom stereocenters. The zero-order valence-corrected chi connectivity index (χ0v) is 7.64. The molecule has 0 radical (unpaired) electrons. The topological polar surface area (TPSA) is 38.3 Å². The highest BCUT2D eigenvalue weighted by Gasteiger charge is 2.15. The number of methoxy groups -OCH3 is 1.